The lowest BCUT2D eigenvalue weighted by Crippen LogP contribution is -2.34. The number of alkyl carbamates (subject to hydrolysis) is 1. The predicted molar refractivity (Wildman–Crippen MR) is 106 cm³/mol. The fraction of sp³-hybridized carbons (Fsp3) is 0.857. The van der Waals surface area contributed by atoms with E-state index in [1.54, 1.807) is 13.8 Å². The van der Waals surface area contributed by atoms with Crippen LogP contribution in [0.2, 0.25) is 0 Å². The lowest BCUT2D eigenvalue weighted by molar-refractivity contribution is -0.162. The van der Waals surface area contributed by atoms with Crippen molar-refractivity contribution in [3.63, 3.8) is 0 Å². The second-order valence-electron chi connectivity index (χ2n) is 8.40. The van der Waals surface area contributed by atoms with E-state index >= 15 is 0 Å². The first-order valence-electron chi connectivity index (χ1n) is 10.5. The van der Waals surface area contributed by atoms with Crippen molar-refractivity contribution in [2.75, 3.05) is 19.8 Å². The summed E-state index contributed by atoms with van der Waals surface area (Å²) in [6.45, 7) is 10.1. The zero-order chi connectivity index (χ0) is 21.2. The quantitative estimate of drug-likeness (QED) is 0.360. The van der Waals surface area contributed by atoms with Crippen LogP contribution in [0.4, 0.5) is 4.79 Å². The molecule has 0 aliphatic heterocycles. The molecule has 0 bridgehead atoms. The van der Waals surface area contributed by atoms with Crippen LogP contribution < -0.4 is 5.32 Å². The van der Waals surface area contributed by atoms with E-state index in [2.05, 4.69) is 5.32 Å². The van der Waals surface area contributed by atoms with Crippen molar-refractivity contribution in [1.82, 2.24) is 5.32 Å². The highest BCUT2D eigenvalue weighted by Gasteiger charge is 2.33. The van der Waals surface area contributed by atoms with Crippen LogP contribution in [0.3, 0.4) is 0 Å². The number of amides is 1. The number of nitrogens with one attached hydrogen (secondary N) is 1. The minimum Gasteiger partial charge on any atom is -0.465 e. The highest BCUT2D eigenvalue weighted by molar-refractivity contribution is 5.94. The van der Waals surface area contributed by atoms with Crippen LogP contribution in [0.5, 0.6) is 0 Å². The first-order valence-corrected chi connectivity index (χ1v) is 10.5. The van der Waals surface area contributed by atoms with Gasteiger partial charge in [0.2, 0.25) is 0 Å². The monoisotopic (exact) mass is 399 g/mol. The molecule has 1 N–H and O–H groups in total. The average molecular weight is 400 g/mol. The molecule has 1 saturated carbocycles. The van der Waals surface area contributed by atoms with Crippen molar-refractivity contribution >= 4 is 18.0 Å². The second kappa shape index (κ2) is 11.9. The maximum absolute atomic E-state index is 12.1. The summed E-state index contributed by atoms with van der Waals surface area (Å²) in [6, 6.07) is 0. The predicted octanol–water partition coefficient (Wildman–Crippen LogP) is 3.84. The van der Waals surface area contributed by atoms with Gasteiger partial charge in [-0.3, -0.25) is 9.59 Å². The lowest BCUT2D eigenvalue weighted by Gasteiger charge is -2.30. The lowest BCUT2D eigenvalue weighted by atomic mass is 9.77. The van der Waals surface area contributed by atoms with E-state index in [1.807, 2.05) is 20.8 Å². The van der Waals surface area contributed by atoms with Gasteiger partial charge in [-0.1, -0.05) is 25.7 Å². The Bertz CT molecular complexity index is 488. The van der Waals surface area contributed by atoms with Crippen molar-refractivity contribution < 1.29 is 28.6 Å². The van der Waals surface area contributed by atoms with Gasteiger partial charge in [-0.25, -0.2) is 4.79 Å². The summed E-state index contributed by atoms with van der Waals surface area (Å²) in [5.41, 5.74) is -0.490. The second-order valence-corrected chi connectivity index (χ2v) is 8.40. The Labute approximate surface area is 168 Å². The van der Waals surface area contributed by atoms with E-state index in [1.165, 1.54) is 0 Å². The maximum atomic E-state index is 12.1. The Morgan fingerprint density at radius 2 is 1.43 bits per heavy atom. The molecule has 7 heteroatoms. The molecule has 0 aromatic carbocycles. The number of hydrogen-bond donors (Lipinski definition) is 1. The number of rotatable bonds is 9. The fourth-order valence-electron chi connectivity index (χ4n) is 3.56. The number of esters is 2. The number of carbonyl (C=O) groups excluding carboxylic acids is 3. The van der Waals surface area contributed by atoms with E-state index in [9.17, 15) is 14.4 Å². The minimum atomic E-state index is -0.824. The van der Waals surface area contributed by atoms with Crippen molar-refractivity contribution in [3.05, 3.63) is 0 Å². The molecule has 1 aliphatic rings. The highest BCUT2D eigenvalue weighted by atomic mass is 16.6. The normalized spacial score (nSPS) is 19.8. The molecule has 7 nitrogen and oxygen atoms in total. The molecule has 0 aromatic heterocycles. The summed E-state index contributed by atoms with van der Waals surface area (Å²) >= 11 is 0. The van der Waals surface area contributed by atoms with E-state index in [0.29, 0.717) is 24.8 Å². The molecule has 0 radical (unpaired) electrons. The molecule has 162 valence electrons. The third-order valence-electron chi connectivity index (χ3n) is 4.90. The molecule has 0 saturated heterocycles. The summed E-state index contributed by atoms with van der Waals surface area (Å²) in [7, 11) is 0. The number of carbonyl (C=O) groups is 3. The topological polar surface area (TPSA) is 90.9 Å². The summed E-state index contributed by atoms with van der Waals surface area (Å²) in [6.07, 6.45) is 5.00. The van der Waals surface area contributed by atoms with Crippen LogP contribution in [0.1, 0.15) is 73.1 Å². The Morgan fingerprint density at radius 3 is 1.89 bits per heavy atom. The average Bonchev–Trinajstić information content (AvgIpc) is 2.59. The molecule has 0 aromatic rings. The van der Waals surface area contributed by atoms with Gasteiger partial charge in [0.1, 0.15) is 5.60 Å². The van der Waals surface area contributed by atoms with Crippen LogP contribution in [-0.2, 0) is 23.8 Å². The van der Waals surface area contributed by atoms with Crippen LogP contribution >= 0.6 is 0 Å². The molecular weight excluding hydrogens is 362 g/mol. The summed E-state index contributed by atoms with van der Waals surface area (Å²) < 4.78 is 15.3. The zero-order valence-electron chi connectivity index (χ0n) is 18.0. The largest absolute Gasteiger partial charge is 0.465 e. The van der Waals surface area contributed by atoms with Crippen LogP contribution in [0, 0.1) is 17.8 Å². The molecule has 0 atom stereocenters. The summed E-state index contributed by atoms with van der Waals surface area (Å²) in [5, 5.41) is 2.80. The molecule has 1 aliphatic carbocycles. The summed E-state index contributed by atoms with van der Waals surface area (Å²) in [4.78, 5) is 35.9. The van der Waals surface area contributed by atoms with Crippen LogP contribution in [0.25, 0.3) is 0 Å². The van der Waals surface area contributed by atoms with E-state index < -0.39 is 23.5 Å². The summed E-state index contributed by atoms with van der Waals surface area (Å²) in [5.74, 6) is -0.937. The van der Waals surface area contributed by atoms with Gasteiger partial charge < -0.3 is 19.5 Å². The Balaban J connectivity index is 2.38. The molecule has 1 amide bonds. The number of hydrogen-bond acceptors (Lipinski definition) is 6. The Morgan fingerprint density at radius 1 is 0.929 bits per heavy atom. The standard InChI is InChI=1S/C21H37NO6/c1-6-26-18(23)17(19(24)27-7-2)14-16-10-8-15(9-11-16)12-13-22-20(25)28-21(3,4)5/h15-17H,6-14H2,1-5H3,(H,22,25). The van der Waals surface area contributed by atoms with Gasteiger partial charge in [-0.15, -0.1) is 0 Å². The van der Waals surface area contributed by atoms with Gasteiger partial charge in [0, 0.05) is 6.54 Å². The van der Waals surface area contributed by atoms with E-state index in [0.717, 1.165) is 32.1 Å². The number of ether oxygens (including phenoxy) is 3. The molecule has 0 heterocycles. The minimum absolute atomic E-state index is 0.256. The highest BCUT2D eigenvalue weighted by Crippen LogP contribution is 2.34. The van der Waals surface area contributed by atoms with Gasteiger partial charge in [-0.05, 0) is 59.3 Å². The Kier molecular flexibility index (Phi) is 10.3. The third kappa shape index (κ3) is 9.42. The molecule has 1 fully saturated rings. The fourth-order valence-corrected chi connectivity index (χ4v) is 3.56. The molecule has 0 unspecified atom stereocenters. The first-order chi connectivity index (χ1) is 13.2. The Hall–Kier alpha value is -1.79. The van der Waals surface area contributed by atoms with Gasteiger partial charge in [0.15, 0.2) is 5.92 Å². The van der Waals surface area contributed by atoms with Crippen molar-refractivity contribution in [3.8, 4) is 0 Å². The van der Waals surface area contributed by atoms with Gasteiger partial charge in [0.25, 0.3) is 0 Å². The zero-order valence-corrected chi connectivity index (χ0v) is 18.0. The van der Waals surface area contributed by atoms with Crippen LogP contribution in [-0.4, -0.2) is 43.4 Å². The van der Waals surface area contributed by atoms with E-state index in [-0.39, 0.29) is 19.3 Å². The van der Waals surface area contributed by atoms with Crippen molar-refractivity contribution in [1.29, 1.82) is 0 Å². The smallest absolute Gasteiger partial charge is 0.407 e. The van der Waals surface area contributed by atoms with Crippen molar-refractivity contribution in [2.24, 2.45) is 17.8 Å². The van der Waals surface area contributed by atoms with Gasteiger partial charge in [0.05, 0.1) is 13.2 Å². The van der Waals surface area contributed by atoms with Gasteiger partial charge >= 0.3 is 18.0 Å². The molecular formula is C21H37NO6. The SMILES string of the molecule is CCOC(=O)C(CC1CCC(CCNC(=O)OC(C)(C)C)CC1)C(=O)OCC. The maximum Gasteiger partial charge on any atom is 0.407 e. The van der Waals surface area contributed by atoms with Gasteiger partial charge in [-0.2, -0.15) is 0 Å². The first kappa shape index (κ1) is 24.2. The van der Waals surface area contributed by atoms with Crippen molar-refractivity contribution in [2.45, 2.75) is 78.7 Å². The molecule has 0 spiro atoms. The molecule has 1 rings (SSSR count). The van der Waals surface area contributed by atoms with E-state index in [4.69, 9.17) is 14.2 Å². The van der Waals surface area contributed by atoms with Crippen LogP contribution in [0.15, 0.2) is 0 Å². The third-order valence-corrected chi connectivity index (χ3v) is 4.90. The molecule has 28 heavy (non-hydrogen) atoms.